The molecule has 0 aliphatic heterocycles. The minimum absolute atomic E-state index is 0.137. The molecule has 0 atom stereocenters. The summed E-state index contributed by atoms with van der Waals surface area (Å²) in [5.74, 6) is 0.708. The summed E-state index contributed by atoms with van der Waals surface area (Å²) in [5.41, 5.74) is 7.18. The molecule has 3 aromatic rings. The maximum atomic E-state index is 12.3. The second kappa shape index (κ2) is 8.04. The number of aromatic nitrogens is 5. The third-order valence-corrected chi connectivity index (χ3v) is 3.83. The molecule has 144 valence electrons. The van der Waals surface area contributed by atoms with Crippen LogP contribution in [0.25, 0.3) is 11.2 Å². The number of nitrogen functional groups attached to an aromatic ring is 1. The zero-order valence-electron chi connectivity index (χ0n) is 15.6. The van der Waals surface area contributed by atoms with Crippen LogP contribution in [-0.4, -0.2) is 63.3 Å². The molecule has 0 aliphatic carbocycles. The number of nitrogens with one attached hydrogen (secondary N) is 1. The lowest BCUT2D eigenvalue weighted by Gasteiger charge is -2.10. The van der Waals surface area contributed by atoms with E-state index in [0.29, 0.717) is 30.3 Å². The van der Waals surface area contributed by atoms with Crippen molar-refractivity contribution in [1.82, 2.24) is 29.4 Å². The van der Waals surface area contributed by atoms with Crippen LogP contribution >= 0.6 is 0 Å². The van der Waals surface area contributed by atoms with Gasteiger partial charge in [0.15, 0.2) is 11.5 Å². The van der Waals surface area contributed by atoms with E-state index < -0.39 is 0 Å². The van der Waals surface area contributed by atoms with Gasteiger partial charge in [0.25, 0.3) is 0 Å². The number of fused-ring (bicyclic) bond motifs is 1. The molecule has 3 aromatic heterocycles. The van der Waals surface area contributed by atoms with Crippen molar-refractivity contribution in [3.63, 3.8) is 0 Å². The van der Waals surface area contributed by atoms with Crippen LogP contribution in [0.4, 0.5) is 5.82 Å². The van der Waals surface area contributed by atoms with Crippen molar-refractivity contribution in [2.75, 3.05) is 39.6 Å². The van der Waals surface area contributed by atoms with E-state index in [2.05, 4.69) is 19.9 Å². The Morgan fingerprint density at radius 1 is 1.26 bits per heavy atom. The second-order valence-electron chi connectivity index (χ2n) is 6.20. The minimum atomic E-state index is -0.328. The summed E-state index contributed by atoms with van der Waals surface area (Å²) in [4.78, 5) is 29.6. The summed E-state index contributed by atoms with van der Waals surface area (Å²) in [6.45, 7) is 3.86. The van der Waals surface area contributed by atoms with Crippen molar-refractivity contribution in [2.45, 2.75) is 13.5 Å². The zero-order chi connectivity index (χ0) is 19.4. The van der Waals surface area contributed by atoms with E-state index in [1.807, 2.05) is 32.0 Å². The Labute approximate surface area is 156 Å². The van der Waals surface area contributed by atoms with Crippen molar-refractivity contribution < 1.29 is 9.47 Å². The normalized spacial score (nSPS) is 11.3. The van der Waals surface area contributed by atoms with Crippen LogP contribution in [0.15, 0.2) is 23.1 Å². The van der Waals surface area contributed by atoms with Crippen LogP contribution in [-0.2, 0) is 6.54 Å². The molecular weight excluding hydrogens is 350 g/mol. The average Bonchev–Trinajstić information content (AvgIpc) is 2.93. The van der Waals surface area contributed by atoms with Gasteiger partial charge in [0.05, 0.1) is 13.2 Å². The number of aromatic amines is 1. The van der Waals surface area contributed by atoms with E-state index >= 15 is 0 Å². The Morgan fingerprint density at radius 2 is 2.07 bits per heavy atom. The highest BCUT2D eigenvalue weighted by atomic mass is 16.5. The van der Waals surface area contributed by atoms with Crippen LogP contribution < -0.4 is 20.9 Å². The van der Waals surface area contributed by atoms with E-state index in [1.165, 1.54) is 4.57 Å². The summed E-state index contributed by atoms with van der Waals surface area (Å²) in [6.07, 6.45) is 1.67. The number of nitrogens with two attached hydrogens (primary N) is 1. The van der Waals surface area contributed by atoms with Crippen LogP contribution in [0.3, 0.4) is 0 Å². The molecule has 0 amide bonds. The third-order valence-electron chi connectivity index (χ3n) is 3.83. The van der Waals surface area contributed by atoms with Crippen LogP contribution in [0.5, 0.6) is 11.9 Å². The molecule has 10 nitrogen and oxygen atoms in total. The van der Waals surface area contributed by atoms with Gasteiger partial charge in [0, 0.05) is 18.8 Å². The van der Waals surface area contributed by atoms with Gasteiger partial charge in [0.2, 0.25) is 5.88 Å². The van der Waals surface area contributed by atoms with E-state index in [1.54, 1.807) is 12.3 Å². The fourth-order valence-corrected chi connectivity index (χ4v) is 2.48. The molecule has 0 saturated heterocycles. The molecule has 27 heavy (non-hydrogen) atoms. The number of pyridine rings is 1. The molecular formula is C17H23N7O3. The lowest BCUT2D eigenvalue weighted by atomic mass is 10.3. The first kappa shape index (κ1) is 18.6. The number of nitrogens with zero attached hydrogens (tertiary/aromatic N) is 5. The van der Waals surface area contributed by atoms with Crippen molar-refractivity contribution in [1.29, 1.82) is 0 Å². The molecule has 0 aliphatic rings. The van der Waals surface area contributed by atoms with Gasteiger partial charge in [-0.05, 0) is 26.6 Å². The monoisotopic (exact) mass is 373 g/mol. The molecule has 0 saturated carbocycles. The van der Waals surface area contributed by atoms with Gasteiger partial charge < -0.3 is 25.1 Å². The molecule has 0 aromatic carbocycles. The Hall–Kier alpha value is -3.14. The quantitative estimate of drug-likeness (QED) is 0.584. The molecule has 3 rings (SSSR count). The topological polar surface area (TPSA) is 124 Å². The Bertz CT molecular complexity index is 963. The summed E-state index contributed by atoms with van der Waals surface area (Å²) < 4.78 is 12.4. The van der Waals surface area contributed by atoms with Crippen molar-refractivity contribution in [3.05, 3.63) is 34.4 Å². The van der Waals surface area contributed by atoms with Gasteiger partial charge in [-0.1, -0.05) is 6.07 Å². The maximum absolute atomic E-state index is 12.3. The number of imidazole rings is 1. The first-order valence-corrected chi connectivity index (χ1v) is 8.59. The number of anilines is 1. The largest absolute Gasteiger partial charge is 0.476 e. The number of hydrogen-bond acceptors (Lipinski definition) is 8. The average molecular weight is 373 g/mol. The summed E-state index contributed by atoms with van der Waals surface area (Å²) >= 11 is 0. The van der Waals surface area contributed by atoms with E-state index in [4.69, 9.17) is 15.2 Å². The fourth-order valence-electron chi connectivity index (χ4n) is 2.48. The summed E-state index contributed by atoms with van der Waals surface area (Å²) in [5, 5.41) is 0. The number of H-pyrrole nitrogens is 1. The summed E-state index contributed by atoms with van der Waals surface area (Å²) in [7, 11) is 3.96. The van der Waals surface area contributed by atoms with Gasteiger partial charge in [-0.2, -0.15) is 9.97 Å². The molecule has 3 N–H and O–H groups in total. The van der Waals surface area contributed by atoms with Gasteiger partial charge in [-0.15, -0.1) is 0 Å². The highest BCUT2D eigenvalue weighted by Gasteiger charge is 2.15. The van der Waals surface area contributed by atoms with E-state index in [-0.39, 0.29) is 24.1 Å². The molecule has 10 heteroatoms. The second-order valence-corrected chi connectivity index (χ2v) is 6.20. The highest BCUT2D eigenvalue weighted by molar-refractivity contribution is 5.81. The predicted molar refractivity (Wildman–Crippen MR) is 101 cm³/mol. The Balaban J connectivity index is 1.81. The number of rotatable bonds is 8. The molecule has 0 unspecified atom stereocenters. The van der Waals surface area contributed by atoms with E-state index in [0.717, 1.165) is 12.1 Å². The molecule has 0 fully saturated rings. The standard InChI is InChI=1S/C17H23N7O3/c1-4-26-16-21-14(18)13-15(22-16)24(17(25)20-13)10-11-5-6-12(19-9-11)27-8-7-23(2)3/h5-6,9H,4,7-8,10H2,1-3H3,(H,20,25)(H2,18,21,22). The minimum Gasteiger partial charge on any atom is -0.476 e. The Morgan fingerprint density at radius 3 is 2.74 bits per heavy atom. The van der Waals surface area contributed by atoms with Crippen molar-refractivity contribution in [2.24, 2.45) is 0 Å². The SMILES string of the molecule is CCOc1nc(N)c2[nH]c(=O)n(Cc3ccc(OCCN(C)C)nc3)c2n1. The van der Waals surface area contributed by atoms with Gasteiger partial charge in [0.1, 0.15) is 12.1 Å². The van der Waals surface area contributed by atoms with Gasteiger partial charge >= 0.3 is 11.7 Å². The van der Waals surface area contributed by atoms with Crippen LogP contribution in [0.1, 0.15) is 12.5 Å². The number of ether oxygens (including phenoxy) is 2. The Kier molecular flexibility index (Phi) is 5.55. The molecule has 0 spiro atoms. The van der Waals surface area contributed by atoms with E-state index in [9.17, 15) is 4.79 Å². The van der Waals surface area contributed by atoms with Crippen molar-refractivity contribution >= 4 is 17.0 Å². The third kappa shape index (κ3) is 4.34. The van der Waals surface area contributed by atoms with Crippen LogP contribution in [0, 0.1) is 0 Å². The first-order valence-electron chi connectivity index (χ1n) is 8.59. The lowest BCUT2D eigenvalue weighted by Crippen LogP contribution is -2.20. The van der Waals surface area contributed by atoms with Crippen molar-refractivity contribution in [3.8, 4) is 11.9 Å². The fraction of sp³-hybridized carbons (Fsp3) is 0.412. The number of likely N-dealkylation sites (N-methyl/N-ethyl adjacent to an activating group) is 1. The zero-order valence-corrected chi connectivity index (χ0v) is 15.6. The molecule has 0 radical (unpaired) electrons. The number of hydrogen-bond donors (Lipinski definition) is 2. The van der Waals surface area contributed by atoms with Crippen LogP contribution in [0.2, 0.25) is 0 Å². The highest BCUT2D eigenvalue weighted by Crippen LogP contribution is 2.18. The first-order chi connectivity index (χ1) is 13.0. The lowest BCUT2D eigenvalue weighted by molar-refractivity contribution is 0.254. The summed E-state index contributed by atoms with van der Waals surface area (Å²) in [6, 6.07) is 3.77. The maximum Gasteiger partial charge on any atom is 0.328 e. The smallest absolute Gasteiger partial charge is 0.328 e. The van der Waals surface area contributed by atoms with Gasteiger partial charge in [-0.25, -0.2) is 9.78 Å². The predicted octanol–water partition coefficient (Wildman–Crippen LogP) is 0.484. The molecule has 0 bridgehead atoms. The van der Waals surface area contributed by atoms with Gasteiger partial charge in [-0.3, -0.25) is 4.57 Å². The molecule has 3 heterocycles.